The topological polar surface area (TPSA) is 89.9 Å². The summed E-state index contributed by atoms with van der Waals surface area (Å²) < 4.78 is 0. The molecule has 0 bridgehead atoms. The molecule has 108 valence electrons. The molecule has 0 unspecified atom stereocenters. The van der Waals surface area contributed by atoms with Gasteiger partial charge in [0.25, 0.3) is 0 Å². The average molecular weight is 278 g/mol. The molecule has 1 aliphatic heterocycles. The highest BCUT2D eigenvalue weighted by Gasteiger charge is 2.33. The minimum absolute atomic E-state index is 0.0985. The fourth-order valence-corrected chi connectivity index (χ4v) is 2.46. The van der Waals surface area contributed by atoms with Crippen molar-refractivity contribution in [3.63, 3.8) is 0 Å². The van der Waals surface area contributed by atoms with Gasteiger partial charge in [-0.1, -0.05) is 6.07 Å². The van der Waals surface area contributed by atoms with Gasteiger partial charge in [-0.15, -0.1) is 0 Å². The number of hydrogen-bond donors (Lipinski definition) is 3. The second kappa shape index (κ2) is 5.81. The van der Waals surface area contributed by atoms with Crippen LogP contribution in [0.1, 0.15) is 18.4 Å². The van der Waals surface area contributed by atoms with Gasteiger partial charge in [-0.2, -0.15) is 0 Å². The summed E-state index contributed by atoms with van der Waals surface area (Å²) in [5.41, 5.74) is 0.604. The maximum atomic E-state index is 12.2. The van der Waals surface area contributed by atoms with Crippen molar-refractivity contribution in [2.75, 3.05) is 13.6 Å². The van der Waals surface area contributed by atoms with E-state index in [1.54, 1.807) is 18.0 Å². The second-order valence-corrected chi connectivity index (χ2v) is 4.86. The Balaban J connectivity index is 2.07. The molecule has 0 radical (unpaired) electrons. The summed E-state index contributed by atoms with van der Waals surface area (Å²) in [5.74, 6) is -0.768. The largest absolute Gasteiger partial charge is 0.504 e. The van der Waals surface area contributed by atoms with Crippen LogP contribution in [-0.2, 0) is 16.0 Å². The fourth-order valence-electron chi connectivity index (χ4n) is 2.46. The fraction of sp³-hybridized carbons (Fsp3) is 0.429. The molecule has 2 amide bonds. The molecular formula is C14H18N2O4. The number of aromatic hydroxyl groups is 2. The van der Waals surface area contributed by atoms with Crippen molar-refractivity contribution in [3.05, 3.63) is 23.8 Å². The minimum atomic E-state index is -0.404. The van der Waals surface area contributed by atoms with Crippen LogP contribution >= 0.6 is 0 Å². The maximum absolute atomic E-state index is 12.2. The van der Waals surface area contributed by atoms with Crippen molar-refractivity contribution in [2.45, 2.75) is 25.3 Å². The molecule has 1 aromatic carbocycles. The van der Waals surface area contributed by atoms with Gasteiger partial charge in [0, 0.05) is 13.6 Å². The van der Waals surface area contributed by atoms with Gasteiger partial charge < -0.3 is 20.4 Å². The van der Waals surface area contributed by atoms with Gasteiger partial charge in [0.15, 0.2) is 11.5 Å². The van der Waals surface area contributed by atoms with Crippen LogP contribution in [0.15, 0.2) is 18.2 Å². The second-order valence-electron chi connectivity index (χ2n) is 4.86. The Hall–Kier alpha value is -2.24. The van der Waals surface area contributed by atoms with Crippen LogP contribution < -0.4 is 5.32 Å². The van der Waals surface area contributed by atoms with Gasteiger partial charge in [0.1, 0.15) is 6.04 Å². The molecule has 3 N–H and O–H groups in total. The number of amides is 2. The predicted molar refractivity (Wildman–Crippen MR) is 72.3 cm³/mol. The standard InChI is InChI=1S/C14H18N2O4/c1-15-14(20)10-3-2-6-16(10)13(19)8-9-4-5-11(17)12(18)7-9/h4-5,7,10,17-18H,2-3,6,8H2,1H3,(H,15,20)/t10-/m0/s1. The Morgan fingerprint density at radius 2 is 2.10 bits per heavy atom. The molecule has 0 aromatic heterocycles. The van der Waals surface area contributed by atoms with E-state index in [1.165, 1.54) is 12.1 Å². The summed E-state index contributed by atoms with van der Waals surface area (Å²) >= 11 is 0. The van der Waals surface area contributed by atoms with E-state index >= 15 is 0 Å². The molecule has 2 rings (SSSR count). The zero-order valence-electron chi connectivity index (χ0n) is 11.3. The molecule has 20 heavy (non-hydrogen) atoms. The summed E-state index contributed by atoms with van der Waals surface area (Å²) in [6.45, 7) is 0.570. The number of rotatable bonds is 3. The first-order valence-electron chi connectivity index (χ1n) is 6.55. The SMILES string of the molecule is CNC(=O)[C@@H]1CCCN1C(=O)Cc1ccc(O)c(O)c1. The van der Waals surface area contributed by atoms with Gasteiger partial charge in [-0.25, -0.2) is 0 Å². The number of phenolic OH excluding ortho intramolecular Hbond substituents is 2. The lowest BCUT2D eigenvalue weighted by Gasteiger charge is -2.23. The minimum Gasteiger partial charge on any atom is -0.504 e. The van der Waals surface area contributed by atoms with Crippen molar-refractivity contribution < 1.29 is 19.8 Å². The number of nitrogens with one attached hydrogen (secondary N) is 1. The molecule has 1 aromatic rings. The molecule has 0 saturated carbocycles. The van der Waals surface area contributed by atoms with Crippen LogP contribution in [0.2, 0.25) is 0 Å². The van der Waals surface area contributed by atoms with Gasteiger partial charge in [-0.3, -0.25) is 9.59 Å². The van der Waals surface area contributed by atoms with E-state index in [4.69, 9.17) is 0 Å². The molecule has 0 spiro atoms. The Labute approximate surface area is 117 Å². The molecule has 0 aliphatic carbocycles. The molecular weight excluding hydrogens is 260 g/mol. The van der Waals surface area contributed by atoms with E-state index < -0.39 is 6.04 Å². The van der Waals surface area contributed by atoms with Crippen LogP contribution in [-0.4, -0.2) is 46.6 Å². The van der Waals surface area contributed by atoms with Crippen molar-refractivity contribution in [1.82, 2.24) is 10.2 Å². The first-order chi connectivity index (χ1) is 9.52. The van der Waals surface area contributed by atoms with Crippen LogP contribution in [0.25, 0.3) is 0 Å². The zero-order chi connectivity index (χ0) is 14.7. The Morgan fingerprint density at radius 3 is 2.75 bits per heavy atom. The smallest absolute Gasteiger partial charge is 0.242 e. The lowest BCUT2D eigenvalue weighted by Crippen LogP contribution is -2.45. The van der Waals surface area contributed by atoms with Crippen LogP contribution in [0, 0.1) is 0 Å². The Kier molecular flexibility index (Phi) is 4.12. The Morgan fingerprint density at radius 1 is 1.35 bits per heavy atom. The van der Waals surface area contributed by atoms with E-state index in [0.29, 0.717) is 18.5 Å². The van der Waals surface area contributed by atoms with Gasteiger partial charge in [0.2, 0.25) is 11.8 Å². The lowest BCUT2D eigenvalue weighted by atomic mass is 10.1. The van der Waals surface area contributed by atoms with Gasteiger partial charge in [0.05, 0.1) is 6.42 Å². The number of likely N-dealkylation sites (tertiary alicyclic amines) is 1. The Bertz CT molecular complexity index is 530. The normalized spacial score (nSPS) is 18.1. The first-order valence-corrected chi connectivity index (χ1v) is 6.55. The van der Waals surface area contributed by atoms with Gasteiger partial charge >= 0.3 is 0 Å². The quantitative estimate of drug-likeness (QED) is 0.697. The number of hydrogen-bond acceptors (Lipinski definition) is 4. The van der Waals surface area contributed by atoms with Crippen molar-refractivity contribution in [2.24, 2.45) is 0 Å². The molecule has 6 heteroatoms. The molecule has 1 atom stereocenters. The average Bonchev–Trinajstić information content (AvgIpc) is 2.91. The highest BCUT2D eigenvalue weighted by molar-refractivity contribution is 5.88. The highest BCUT2D eigenvalue weighted by Crippen LogP contribution is 2.26. The maximum Gasteiger partial charge on any atom is 0.242 e. The summed E-state index contributed by atoms with van der Waals surface area (Å²) in [6.07, 6.45) is 1.58. The number of nitrogens with zero attached hydrogens (tertiary/aromatic N) is 1. The van der Waals surface area contributed by atoms with E-state index in [2.05, 4.69) is 5.32 Å². The van der Waals surface area contributed by atoms with Crippen LogP contribution in [0.5, 0.6) is 11.5 Å². The number of phenols is 2. The molecule has 1 aliphatic rings. The van der Waals surface area contributed by atoms with Crippen molar-refractivity contribution >= 4 is 11.8 Å². The van der Waals surface area contributed by atoms with Crippen LogP contribution in [0.4, 0.5) is 0 Å². The number of benzene rings is 1. The summed E-state index contributed by atoms with van der Waals surface area (Å²) in [5, 5.41) is 21.2. The number of carbonyl (C=O) groups is 2. The van der Waals surface area contributed by atoms with Crippen molar-refractivity contribution in [1.29, 1.82) is 0 Å². The monoisotopic (exact) mass is 278 g/mol. The van der Waals surface area contributed by atoms with Crippen LogP contribution in [0.3, 0.4) is 0 Å². The first kappa shape index (κ1) is 14.2. The van der Waals surface area contributed by atoms with E-state index in [9.17, 15) is 19.8 Å². The molecule has 1 saturated heterocycles. The van der Waals surface area contributed by atoms with E-state index in [-0.39, 0.29) is 29.7 Å². The van der Waals surface area contributed by atoms with E-state index in [1.807, 2.05) is 0 Å². The molecule has 1 heterocycles. The molecule has 1 fully saturated rings. The lowest BCUT2D eigenvalue weighted by molar-refractivity contribution is -0.137. The highest BCUT2D eigenvalue weighted by atomic mass is 16.3. The third-order valence-corrected chi connectivity index (χ3v) is 3.52. The number of carbonyl (C=O) groups excluding carboxylic acids is 2. The summed E-state index contributed by atoms with van der Waals surface area (Å²) in [4.78, 5) is 25.5. The van der Waals surface area contributed by atoms with E-state index in [0.717, 1.165) is 6.42 Å². The zero-order valence-corrected chi connectivity index (χ0v) is 11.3. The summed E-state index contributed by atoms with van der Waals surface area (Å²) in [7, 11) is 1.56. The molecule has 6 nitrogen and oxygen atoms in total. The predicted octanol–water partition coefficient (Wildman–Crippen LogP) is 0.377. The van der Waals surface area contributed by atoms with Crippen molar-refractivity contribution in [3.8, 4) is 11.5 Å². The third-order valence-electron chi connectivity index (χ3n) is 3.52. The number of likely N-dealkylation sites (N-methyl/N-ethyl adjacent to an activating group) is 1. The third kappa shape index (κ3) is 2.84. The van der Waals surface area contributed by atoms with Gasteiger partial charge in [-0.05, 0) is 30.5 Å². The summed E-state index contributed by atoms with van der Waals surface area (Å²) in [6, 6.07) is 3.88.